The summed E-state index contributed by atoms with van der Waals surface area (Å²) in [5.74, 6) is 1.93. The van der Waals surface area contributed by atoms with Gasteiger partial charge in [0.05, 0.1) is 6.54 Å². The van der Waals surface area contributed by atoms with Crippen LogP contribution in [0.25, 0.3) is 11.3 Å². The van der Waals surface area contributed by atoms with Crippen LogP contribution in [0.15, 0.2) is 39.2 Å². The zero-order valence-electron chi connectivity index (χ0n) is 10.8. The van der Waals surface area contributed by atoms with E-state index in [9.17, 15) is 0 Å². The summed E-state index contributed by atoms with van der Waals surface area (Å²) in [5.41, 5.74) is 2.37. The Bertz CT molecular complexity index is 519. The molecule has 2 rings (SSSR count). The molecule has 0 radical (unpaired) electrons. The van der Waals surface area contributed by atoms with Crippen LogP contribution in [-0.4, -0.2) is 6.54 Å². The molecule has 0 atom stereocenters. The zero-order chi connectivity index (χ0) is 13.0. The van der Waals surface area contributed by atoms with Gasteiger partial charge in [-0.2, -0.15) is 0 Å². The number of hydrogen-bond donors (Lipinski definition) is 1. The molecule has 0 aliphatic rings. The number of aryl methyl sites for hydroxylation is 1. The van der Waals surface area contributed by atoms with Gasteiger partial charge in [0.1, 0.15) is 11.5 Å². The van der Waals surface area contributed by atoms with Crippen LogP contribution in [0, 0.1) is 6.92 Å². The smallest absolute Gasteiger partial charge is 0.134 e. The molecule has 0 aliphatic carbocycles. The first-order valence-electron chi connectivity index (χ1n) is 6.26. The average molecular weight is 308 g/mol. The van der Waals surface area contributed by atoms with Gasteiger partial charge in [-0.1, -0.05) is 22.9 Å². The zero-order valence-corrected chi connectivity index (χ0v) is 12.4. The molecule has 0 bridgehead atoms. The molecule has 96 valence electrons. The normalized spacial score (nSPS) is 10.8. The minimum absolute atomic E-state index is 0.795. The predicted octanol–water partition coefficient (Wildman–Crippen LogP) is 4.52. The van der Waals surface area contributed by atoms with Crippen LogP contribution in [0.3, 0.4) is 0 Å². The molecule has 1 aromatic heterocycles. The molecule has 18 heavy (non-hydrogen) atoms. The Labute approximate surface area is 117 Å². The summed E-state index contributed by atoms with van der Waals surface area (Å²) in [4.78, 5) is 0. The fraction of sp³-hybridized carbons (Fsp3) is 0.333. The lowest BCUT2D eigenvalue weighted by atomic mass is 10.1. The highest BCUT2D eigenvalue weighted by molar-refractivity contribution is 9.10. The summed E-state index contributed by atoms with van der Waals surface area (Å²) >= 11 is 3.48. The van der Waals surface area contributed by atoms with Crippen LogP contribution in [0.2, 0.25) is 0 Å². The van der Waals surface area contributed by atoms with E-state index in [1.807, 2.05) is 18.2 Å². The lowest BCUT2D eigenvalue weighted by molar-refractivity contribution is 0.493. The molecule has 0 fully saturated rings. The molecule has 0 saturated carbocycles. The van der Waals surface area contributed by atoms with E-state index in [1.54, 1.807) is 0 Å². The van der Waals surface area contributed by atoms with E-state index < -0.39 is 0 Å². The molecular weight excluding hydrogens is 290 g/mol. The molecular formula is C15H18BrNO. The minimum atomic E-state index is 0.795. The first kappa shape index (κ1) is 13.4. The van der Waals surface area contributed by atoms with E-state index in [0.717, 1.165) is 41.1 Å². The van der Waals surface area contributed by atoms with Crippen LogP contribution in [0.1, 0.15) is 24.7 Å². The largest absolute Gasteiger partial charge is 0.460 e. The number of benzene rings is 1. The van der Waals surface area contributed by atoms with Crippen molar-refractivity contribution in [2.24, 2.45) is 0 Å². The molecule has 2 aromatic rings. The molecule has 0 amide bonds. The Morgan fingerprint density at radius 2 is 2.06 bits per heavy atom. The fourth-order valence-corrected chi connectivity index (χ4v) is 2.39. The second kappa shape index (κ2) is 6.21. The lowest BCUT2D eigenvalue weighted by Gasteiger charge is -2.03. The van der Waals surface area contributed by atoms with Crippen molar-refractivity contribution < 1.29 is 4.42 Å². The summed E-state index contributed by atoms with van der Waals surface area (Å²) < 4.78 is 6.96. The van der Waals surface area contributed by atoms with E-state index in [2.05, 4.69) is 47.2 Å². The Morgan fingerprint density at radius 3 is 2.78 bits per heavy atom. The van der Waals surface area contributed by atoms with Crippen molar-refractivity contribution in [3.8, 4) is 11.3 Å². The van der Waals surface area contributed by atoms with Crippen molar-refractivity contribution in [3.63, 3.8) is 0 Å². The summed E-state index contributed by atoms with van der Waals surface area (Å²) in [7, 11) is 0. The Kier molecular flexibility index (Phi) is 4.61. The molecule has 0 spiro atoms. The molecule has 0 saturated heterocycles. The van der Waals surface area contributed by atoms with E-state index in [4.69, 9.17) is 4.42 Å². The first-order chi connectivity index (χ1) is 8.70. The molecule has 2 nitrogen and oxygen atoms in total. The molecule has 0 unspecified atom stereocenters. The van der Waals surface area contributed by atoms with Crippen LogP contribution in [0.5, 0.6) is 0 Å². The topological polar surface area (TPSA) is 25.2 Å². The Morgan fingerprint density at radius 1 is 1.22 bits per heavy atom. The van der Waals surface area contributed by atoms with Crippen molar-refractivity contribution in [1.82, 2.24) is 5.32 Å². The van der Waals surface area contributed by atoms with Crippen LogP contribution in [0.4, 0.5) is 0 Å². The van der Waals surface area contributed by atoms with Gasteiger partial charge in [-0.25, -0.2) is 0 Å². The maximum Gasteiger partial charge on any atom is 0.134 e. The maximum atomic E-state index is 5.86. The van der Waals surface area contributed by atoms with Crippen molar-refractivity contribution >= 4 is 15.9 Å². The van der Waals surface area contributed by atoms with E-state index in [1.165, 1.54) is 5.56 Å². The van der Waals surface area contributed by atoms with E-state index in [0.29, 0.717) is 0 Å². The summed E-state index contributed by atoms with van der Waals surface area (Å²) in [6.45, 7) is 6.07. The highest BCUT2D eigenvalue weighted by Gasteiger charge is 2.07. The lowest BCUT2D eigenvalue weighted by Crippen LogP contribution is -2.12. The predicted molar refractivity (Wildman–Crippen MR) is 78.6 cm³/mol. The minimum Gasteiger partial charge on any atom is -0.460 e. The summed E-state index contributed by atoms with van der Waals surface area (Å²) in [5, 5.41) is 3.34. The molecule has 1 aromatic carbocycles. The summed E-state index contributed by atoms with van der Waals surface area (Å²) in [6.07, 6.45) is 1.14. The number of halogens is 1. The van der Waals surface area contributed by atoms with Crippen LogP contribution >= 0.6 is 15.9 Å². The SMILES string of the molecule is CCCNCc1ccc(-c2ccc(Br)cc2C)o1. The van der Waals surface area contributed by atoms with Gasteiger partial charge in [0, 0.05) is 10.0 Å². The third kappa shape index (κ3) is 3.24. The number of furan rings is 1. The molecule has 0 aliphatic heterocycles. The van der Waals surface area contributed by atoms with Gasteiger partial charge < -0.3 is 9.73 Å². The second-order valence-electron chi connectivity index (χ2n) is 4.40. The molecule has 1 N–H and O–H groups in total. The van der Waals surface area contributed by atoms with Crippen molar-refractivity contribution in [2.75, 3.05) is 6.54 Å². The van der Waals surface area contributed by atoms with Crippen LogP contribution in [-0.2, 0) is 6.54 Å². The highest BCUT2D eigenvalue weighted by atomic mass is 79.9. The van der Waals surface area contributed by atoms with Gasteiger partial charge in [0.25, 0.3) is 0 Å². The molecule has 3 heteroatoms. The first-order valence-corrected chi connectivity index (χ1v) is 7.06. The maximum absolute atomic E-state index is 5.86. The second-order valence-corrected chi connectivity index (χ2v) is 5.32. The van der Waals surface area contributed by atoms with Gasteiger partial charge in [-0.05, 0) is 55.8 Å². The quantitative estimate of drug-likeness (QED) is 0.822. The Balaban J connectivity index is 2.13. The van der Waals surface area contributed by atoms with Gasteiger partial charge in [-0.15, -0.1) is 0 Å². The standard InChI is InChI=1S/C15H18BrNO/c1-3-8-17-10-13-5-7-15(18-13)14-6-4-12(16)9-11(14)2/h4-7,9,17H,3,8,10H2,1-2H3. The van der Waals surface area contributed by atoms with Crippen molar-refractivity contribution in [3.05, 3.63) is 46.1 Å². The number of rotatable bonds is 5. The van der Waals surface area contributed by atoms with Crippen molar-refractivity contribution in [1.29, 1.82) is 0 Å². The van der Waals surface area contributed by atoms with Gasteiger partial charge in [0.15, 0.2) is 0 Å². The number of hydrogen-bond acceptors (Lipinski definition) is 2. The highest BCUT2D eigenvalue weighted by Crippen LogP contribution is 2.27. The monoisotopic (exact) mass is 307 g/mol. The third-order valence-electron chi connectivity index (χ3n) is 2.84. The van der Waals surface area contributed by atoms with E-state index in [-0.39, 0.29) is 0 Å². The number of nitrogens with one attached hydrogen (secondary N) is 1. The molecule has 1 heterocycles. The van der Waals surface area contributed by atoms with Gasteiger partial charge in [0.2, 0.25) is 0 Å². The van der Waals surface area contributed by atoms with E-state index >= 15 is 0 Å². The van der Waals surface area contributed by atoms with Crippen LogP contribution < -0.4 is 5.32 Å². The third-order valence-corrected chi connectivity index (χ3v) is 3.33. The van der Waals surface area contributed by atoms with Crippen molar-refractivity contribution in [2.45, 2.75) is 26.8 Å². The van der Waals surface area contributed by atoms with Gasteiger partial charge in [-0.3, -0.25) is 0 Å². The average Bonchev–Trinajstić information content (AvgIpc) is 2.78. The summed E-state index contributed by atoms with van der Waals surface area (Å²) in [6, 6.07) is 10.3. The fourth-order valence-electron chi connectivity index (χ4n) is 1.91. The Hall–Kier alpha value is -1.06. The van der Waals surface area contributed by atoms with Gasteiger partial charge >= 0.3 is 0 Å².